The van der Waals surface area contributed by atoms with Crippen LogP contribution in [0.4, 0.5) is 5.69 Å². The minimum absolute atomic E-state index is 0.0264. The molecule has 5 heteroatoms. The van der Waals surface area contributed by atoms with Gasteiger partial charge in [0.15, 0.2) is 9.84 Å². The van der Waals surface area contributed by atoms with Gasteiger partial charge in [-0.15, -0.1) is 0 Å². The van der Waals surface area contributed by atoms with Crippen molar-refractivity contribution in [2.75, 3.05) is 12.0 Å². The molecule has 0 aromatic carbocycles. The molecular weight excluding hydrogens is 176 g/mol. The minimum Gasteiger partial charge on any atom is -0.397 e. The summed E-state index contributed by atoms with van der Waals surface area (Å²) in [6.45, 7) is 0. The highest BCUT2D eigenvalue weighted by Gasteiger charge is 2.06. The summed E-state index contributed by atoms with van der Waals surface area (Å²) in [6, 6.07) is 1.61. The van der Waals surface area contributed by atoms with Crippen LogP contribution in [0.15, 0.2) is 18.5 Å². The van der Waals surface area contributed by atoms with Crippen molar-refractivity contribution in [1.29, 1.82) is 0 Å². The van der Waals surface area contributed by atoms with Crippen LogP contribution in [0.3, 0.4) is 0 Å². The lowest BCUT2D eigenvalue weighted by Gasteiger charge is -2.01. The standard InChI is InChI=1S/C7H10N2O2S/c1-12(10,11)5-6-2-3-9-4-7(6)8/h2-4H,5,8H2,1H3. The molecule has 0 fully saturated rings. The first kappa shape index (κ1) is 8.99. The fourth-order valence-electron chi connectivity index (χ4n) is 0.849. The summed E-state index contributed by atoms with van der Waals surface area (Å²) in [6.07, 6.45) is 4.14. The van der Waals surface area contributed by atoms with E-state index in [2.05, 4.69) is 4.98 Å². The highest BCUT2D eigenvalue weighted by atomic mass is 32.2. The van der Waals surface area contributed by atoms with E-state index >= 15 is 0 Å². The average molecular weight is 186 g/mol. The van der Waals surface area contributed by atoms with Crippen molar-refractivity contribution in [1.82, 2.24) is 4.98 Å². The molecule has 1 aromatic heterocycles. The smallest absolute Gasteiger partial charge is 0.151 e. The molecule has 0 unspecified atom stereocenters. The number of pyridine rings is 1. The van der Waals surface area contributed by atoms with Gasteiger partial charge in [0, 0.05) is 12.5 Å². The number of nitrogen functional groups attached to an aromatic ring is 1. The monoisotopic (exact) mass is 186 g/mol. The van der Waals surface area contributed by atoms with Gasteiger partial charge < -0.3 is 5.73 Å². The summed E-state index contributed by atoms with van der Waals surface area (Å²) in [5.41, 5.74) is 6.52. The van der Waals surface area contributed by atoms with Gasteiger partial charge in [-0.2, -0.15) is 0 Å². The first-order valence-electron chi connectivity index (χ1n) is 3.35. The highest BCUT2D eigenvalue weighted by Crippen LogP contribution is 2.11. The normalized spacial score (nSPS) is 11.4. The van der Waals surface area contributed by atoms with Crippen molar-refractivity contribution in [3.05, 3.63) is 24.0 Å². The molecule has 1 rings (SSSR count). The Kier molecular flexibility index (Phi) is 2.32. The predicted octanol–water partition coefficient (Wildman–Crippen LogP) is 0.208. The Balaban J connectivity index is 2.98. The number of nitrogens with two attached hydrogens (primary N) is 1. The second kappa shape index (κ2) is 3.10. The van der Waals surface area contributed by atoms with Crippen LogP contribution in [0, 0.1) is 0 Å². The summed E-state index contributed by atoms with van der Waals surface area (Å²) in [4.78, 5) is 3.76. The first-order valence-corrected chi connectivity index (χ1v) is 5.41. The minimum atomic E-state index is -3.01. The molecule has 0 saturated heterocycles. The Bertz CT molecular complexity index is 373. The van der Waals surface area contributed by atoms with Gasteiger partial charge in [-0.3, -0.25) is 4.98 Å². The van der Waals surface area contributed by atoms with E-state index in [1.165, 1.54) is 18.6 Å². The molecule has 0 bridgehead atoms. The largest absolute Gasteiger partial charge is 0.397 e. The molecule has 1 heterocycles. The van der Waals surface area contributed by atoms with Gasteiger partial charge in [-0.05, 0) is 11.6 Å². The van der Waals surface area contributed by atoms with Crippen LogP contribution in [0.25, 0.3) is 0 Å². The van der Waals surface area contributed by atoms with E-state index in [9.17, 15) is 8.42 Å². The lowest BCUT2D eigenvalue weighted by molar-refractivity contribution is 0.601. The maximum Gasteiger partial charge on any atom is 0.151 e. The molecule has 1 aromatic rings. The molecule has 0 atom stereocenters. The molecule has 0 aliphatic heterocycles. The summed E-state index contributed by atoms with van der Waals surface area (Å²) >= 11 is 0. The van der Waals surface area contributed by atoms with Crippen molar-refractivity contribution in [3.8, 4) is 0 Å². The highest BCUT2D eigenvalue weighted by molar-refractivity contribution is 7.89. The number of hydrogen-bond acceptors (Lipinski definition) is 4. The zero-order chi connectivity index (χ0) is 9.19. The van der Waals surface area contributed by atoms with Crippen molar-refractivity contribution >= 4 is 15.5 Å². The number of aromatic nitrogens is 1. The predicted molar refractivity (Wildman–Crippen MR) is 47.2 cm³/mol. The molecule has 2 N–H and O–H groups in total. The third-order valence-electron chi connectivity index (χ3n) is 1.36. The van der Waals surface area contributed by atoms with Crippen LogP contribution < -0.4 is 5.73 Å². The lowest BCUT2D eigenvalue weighted by Crippen LogP contribution is -2.03. The third-order valence-corrected chi connectivity index (χ3v) is 2.20. The Morgan fingerprint density at radius 3 is 2.75 bits per heavy atom. The van der Waals surface area contributed by atoms with E-state index in [0.717, 1.165) is 0 Å². The van der Waals surface area contributed by atoms with E-state index < -0.39 is 9.84 Å². The zero-order valence-electron chi connectivity index (χ0n) is 6.69. The van der Waals surface area contributed by atoms with Gasteiger partial charge in [0.2, 0.25) is 0 Å². The number of anilines is 1. The molecule has 0 amide bonds. The van der Waals surface area contributed by atoms with Crippen LogP contribution in [0.1, 0.15) is 5.56 Å². The van der Waals surface area contributed by atoms with E-state index in [1.54, 1.807) is 6.07 Å². The van der Waals surface area contributed by atoms with Gasteiger partial charge in [0.1, 0.15) is 0 Å². The van der Waals surface area contributed by atoms with E-state index in [0.29, 0.717) is 11.3 Å². The third kappa shape index (κ3) is 2.50. The Morgan fingerprint density at radius 1 is 1.58 bits per heavy atom. The number of nitrogens with zero attached hydrogens (tertiary/aromatic N) is 1. The zero-order valence-corrected chi connectivity index (χ0v) is 7.50. The summed E-state index contributed by atoms with van der Waals surface area (Å²) < 4.78 is 21.8. The quantitative estimate of drug-likeness (QED) is 0.716. The second-order valence-electron chi connectivity index (χ2n) is 2.64. The van der Waals surface area contributed by atoms with Crippen molar-refractivity contribution in [2.45, 2.75) is 5.75 Å². The van der Waals surface area contributed by atoms with Crippen LogP contribution in [0.5, 0.6) is 0 Å². The van der Waals surface area contributed by atoms with Gasteiger partial charge in [-0.1, -0.05) is 0 Å². The Morgan fingerprint density at radius 2 is 2.25 bits per heavy atom. The van der Waals surface area contributed by atoms with Gasteiger partial charge in [0.05, 0.1) is 17.6 Å². The van der Waals surface area contributed by atoms with E-state index in [1.807, 2.05) is 0 Å². The molecule has 0 spiro atoms. The van der Waals surface area contributed by atoms with Gasteiger partial charge >= 0.3 is 0 Å². The van der Waals surface area contributed by atoms with Crippen molar-refractivity contribution in [3.63, 3.8) is 0 Å². The topological polar surface area (TPSA) is 73.0 Å². The van der Waals surface area contributed by atoms with Crippen LogP contribution in [-0.4, -0.2) is 19.7 Å². The molecule has 12 heavy (non-hydrogen) atoms. The summed E-state index contributed by atoms with van der Waals surface area (Å²) in [5, 5.41) is 0. The number of rotatable bonds is 2. The maximum atomic E-state index is 10.9. The fraction of sp³-hybridized carbons (Fsp3) is 0.286. The number of hydrogen-bond donors (Lipinski definition) is 1. The molecule has 0 aliphatic rings. The Labute approximate surface area is 71.3 Å². The van der Waals surface area contributed by atoms with Gasteiger partial charge in [-0.25, -0.2) is 8.42 Å². The summed E-state index contributed by atoms with van der Waals surface area (Å²) in [7, 11) is -3.01. The SMILES string of the molecule is CS(=O)(=O)Cc1ccncc1N. The van der Waals surface area contributed by atoms with E-state index in [4.69, 9.17) is 5.73 Å². The van der Waals surface area contributed by atoms with E-state index in [-0.39, 0.29) is 5.75 Å². The molecule has 0 saturated carbocycles. The van der Waals surface area contributed by atoms with Crippen LogP contribution in [0.2, 0.25) is 0 Å². The summed E-state index contributed by atoms with van der Waals surface area (Å²) in [5.74, 6) is -0.0264. The molecule has 66 valence electrons. The fourth-order valence-corrected chi connectivity index (χ4v) is 1.68. The molecular formula is C7H10N2O2S. The molecule has 4 nitrogen and oxygen atoms in total. The van der Waals surface area contributed by atoms with Crippen LogP contribution in [-0.2, 0) is 15.6 Å². The maximum absolute atomic E-state index is 10.9. The van der Waals surface area contributed by atoms with Gasteiger partial charge in [0.25, 0.3) is 0 Å². The van der Waals surface area contributed by atoms with Crippen molar-refractivity contribution in [2.24, 2.45) is 0 Å². The Hall–Kier alpha value is -1.10. The second-order valence-corrected chi connectivity index (χ2v) is 4.78. The van der Waals surface area contributed by atoms with Crippen LogP contribution >= 0.6 is 0 Å². The lowest BCUT2D eigenvalue weighted by atomic mass is 10.3. The first-order chi connectivity index (χ1) is 5.49. The molecule has 0 radical (unpaired) electrons. The number of sulfone groups is 1. The average Bonchev–Trinajstić information content (AvgIpc) is 1.91. The van der Waals surface area contributed by atoms with Crippen molar-refractivity contribution < 1.29 is 8.42 Å². The molecule has 0 aliphatic carbocycles.